The molecule has 1 aliphatic rings. The van der Waals surface area contributed by atoms with Crippen molar-refractivity contribution in [2.45, 2.75) is 64.8 Å². The van der Waals surface area contributed by atoms with Crippen molar-refractivity contribution in [3.05, 3.63) is 5.82 Å². The lowest BCUT2D eigenvalue weighted by atomic mass is 9.96. The normalized spacial score (nSPS) is 22.4. The third-order valence-corrected chi connectivity index (χ3v) is 3.90. The minimum atomic E-state index is 0.156. The monoisotopic (exact) mass is 279 g/mol. The molecule has 1 aromatic heterocycles. The number of aromatic nitrogens is 4. The van der Waals surface area contributed by atoms with E-state index in [-0.39, 0.29) is 5.91 Å². The fraction of sp³-hybridized carbons (Fsp3) is 0.857. The van der Waals surface area contributed by atoms with Crippen LogP contribution in [0.25, 0.3) is 0 Å². The van der Waals surface area contributed by atoms with Crippen LogP contribution < -0.4 is 5.32 Å². The molecule has 2 rings (SSSR count). The topological polar surface area (TPSA) is 83.6 Å². The molecule has 0 bridgehead atoms. The van der Waals surface area contributed by atoms with Crippen LogP contribution in [-0.4, -0.2) is 32.6 Å². The maximum Gasteiger partial charge on any atom is 0.220 e. The van der Waals surface area contributed by atoms with Crippen molar-refractivity contribution in [2.24, 2.45) is 11.8 Å². The standard InChI is InChI=1S/C14H25N5O/c1-10(2)8-11-6-7-12(9-11)15-14(20)5-3-4-13-16-18-19-17-13/h10-12H,3-9H2,1-2H3,(H,15,20)(H,16,17,18,19). The van der Waals surface area contributed by atoms with Crippen molar-refractivity contribution in [1.29, 1.82) is 0 Å². The zero-order valence-electron chi connectivity index (χ0n) is 12.4. The van der Waals surface area contributed by atoms with Gasteiger partial charge in [0, 0.05) is 18.9 Å². The first-order chi connectivity index (χ1) is 9.63. The van der Waals surface area contributed by atoms with E-state index in [1.165, 1.54) is 12.8 Å². The molecule has 1 fully saturated rings. The maximum atomic E-state index is 11.9. The number of rotatable bonds is 7. The van der Waals surface area contributed by atoms with E-state index in [1.807, 2.05) is 0 Å². The highest BCUT2D eigenvalue weighted by molar-refractivity contribution is 5.76. The molecule has 2 unspecified atom stereocenters. The van der Waals surface area contributed by atoms with E-state index in [2.05, 4.69) is 39.8 Å². The van der Waals surface area contributed by atoms with Crippen molar-refractivity contribution in [2.75, 3.05) is 0 Å². The molecule has 0 saturated heterocycles. The van der Waals surface area contributed by atoms with E-state index in [1.54, 1.807) is 0 Å². The predicted molar refractivity (Wildman–Crippen MR) is 75.8 cm³/mol. The molecule has 6 nitrogen and oxygen atoms in total. The van der Waals surface area contributed by atoms with Crippen molar-refractivity contribution in [3.8, 4) is 0 Å². The van der Waals surface area contributed by atoms with E-state index in [9.17, 15) is 4.79 Å². The Bertz CT molecular complexity index is 404. The number of tetrazole rings is 1. The lowest BCUT2D eigenvalue weighted by Crippen LogP contribution is -2.32. The number of carbonyl (C=O) groups excluding carboxylic acids is 1. The molecule has 1 saturated carbocycles. The highest BCUT2D eigenvalue weighted by atomic mass is 16.1. The van der Waals surface area contributed by atoms with Crippen molar-refractivity contribution < 1.29 is 4.79 Å². The number of H-pyrrole nitrogens is 1. The molecular formula is C14H25N5O. The quantitative estimate of drug-likeness (QED) is 0.798. The number of nitrogens with zero attached hydrogens (tertiary/aromatic N) is 3. The van der Waals surface area contributed by atoms with Crippen LogP contribution in [-0.2, 0) is 11.2 Å². The zero-order valence-corrected chi connectivity index (χ0v) is 12.4. The van der Waals surface area contributed by atoms with Crippen LogP contribution in [0.1, 0.15) is 58.2 Å². The molecule has 6 heteroatoms. The molecule has 2 N–H and O–H groups in total. The lowest BCUT2D eigenvalue weighted by molar-refractivity contribution is -0.121. The van der Waals surface area contributed by atoms with Crippen LogP contribution >= 0.6 is 0 Å². The molecule has 112 valence electrons. The maximum absolute atomic E-state index is 11.9. The van der Waals surface area contributed by atoms with Crippen LogP contribution in [0.4, 0.5) is 0 Å². The minimum absolute atomic E-state index is 0.156. The Morgan fingerprint density at radius 2 is 2.30 bits per heavy atom. The third-order valence-electron chi connectivity index (χ3n) is 3.90. The van der Waals surface area contributed by atoms with E-state index in [0.717, 1.165) is 31.1 Å². The van der Waals surface area contributed by atoms with Gasteiger partial charge in [0.15, 0.2) is 5.82 Å². The summed E-state index contributed by atoms with van der Waals surface area (Å²) in [6, 6.07) is 0.386. The lowest BCUT2D eigenvalue weighted by Gasteiger charge is -2.14. The number of carbonyl (C=O) groups is 1. The Hall–Kier alpha value is -1.46. The summed E-state index contributed by atoms with van der Waals surface area (Å²) in [4.78, 5) is 11.9. The van der Waals surface area contributed by atoms with Gasteiger partial charge < -0.3 is 5.32 Å². The Morgan fingerprint density at radius 3 is 3.00 bits per heavy atom. The molecule has 20 heavy (non-hydrogen) atoms. The Morgan fingerprint density at radius 1 is 1.45 bits per heavy atom. The second kappa shape index (κ2) is 7.36. The summed E-state index contributed by atoms with van der Waals surface area (Å²) in [6.45, 7) is 4.54. The third kappa shape index (κ3) is 4.90. The highest BCUT2D eigenvalue weighted by Gasteiger charge is 2.26. The molecule has 0 aromatic carbocycles. The molecule has 0 radical (unpaired) electrons. The van der Waals surface area contributed by atoms with E-state index < -0.39 is 0 Å². The van der Waals surface area contributed by atoms with Gasteiger partial charge in [-0.25, -0.2) is 0 Å². The van der Waals surface area contributed by atoms with Gasteiger partial charge in [-0.15, -0.1) is 10.2 Å². The molecule has 0 spiro atoms. The van der Waals surface area contributed by atoms with Crippen LogP contribution in [0, 0.1) is 11.8 Å². The van der Waals surface area contributed by atoms with Crippen LogP contribution in [0.5, 0.6) is 0 Å². The first kappa shape index (κ1) is 14.9. The fourth-order valence-corrected chi connectivity index (χ4v) is 3.08. The zero-order chi connectivity index (χ0) is 14.4. The van der Waals surface area contributed by atoms with Gasteiger partial charge in [0.05, 0.1) is 0 Å². The Balaban J connectivity index is 1.60. The van der Waals surface area contributed by atoms with Crippen LogP contribution in [0.3, 0.4) is 0 Å². The highest BCUT2D eigenvalue weighted by Crippen LogP contribution is 2.30. The number of nitrogens with one attached hydrogen (secondary N) is 2. The van der Waals surface area contributed by atoms with Gasteiger partial charge in [-0.05, 0) is 43.9 Å². The molecule has 0 aliphatic heterocycles. The van der Waals surface area contributed by atoms with Gasteiger partial charge in [-0.1, -0.05) is 19.1 Å². The summed E-state index contributed by atoms with van der Waals surface area (Å²) in [6.07, 6.45) is 6.83. The van der Waals surface area contributed by atoms with Gasteiger partial charge in [0.2, 0.25) is 5.91 Å². The average Bonchev–Trinajstić information content (AvgIpc) is 3.00. The molecule has 2 atom stereocenters. The van der Waals surface area contributed by atoms with E-state index >= 15 is 0 Å². The largest absolute Gasteiger partial charge is 0.353 e. The summed E-state index contributed by atoms with van der Waals surface area (Å²) >= 11 is 0. The molecule has 1 amide bonds. The van der Waals surface area contributed by atoms with Gasteiger partial charge in [0.25, 0.3) is 0 Å². The average molecular weight is 279 g/mol. The number of amides is 1. The van der Waals surface area contributed by atoms with E-state index in [0.29, 0.717) is 24.7 Å². The Labute approximate surface area is 120 Å². The summed E-state index contributed by atoms with van der Waals surface area (Å²) in [5, 5.41) is 16.8. The van der Waals surface area contributed by atoms with Crippen molar-refractivity contribution in [3.63, 3.8) is 0 Å². The molecule has 1 heterocycles. The van der Waals surface area contributed by atoms with Crippen LogP contribution in [0.15, 0.2) is 0 Å². The van der Waals surface area contributed by atoms with Gasteiger partial charge in [0.1, 0.15) is 0 Å². The Kier molecular flexibility index (Phi) is 5.49. The fourth-order valence-electron chi connectivity index (χ4n) is 3.08. The first-order valence-corrected chi connectivity index (χ1v) is 7.65. The molecule has 1 aliphatic carbocycles. The number of hydrogen-bond donors (Lipinski definition) is 2. The summed E-state index contributed by atoms with van der Waals surface area (Å²) in [5.74, 6) is 2.38. The van der Waals surface area contributed by atoms with Crippen molar-refractivity contribution >= 4 is 5.91 Å². The number of aryl methyl sites for hydroxylation is 1. The van der Waals surface area contributed by atoms with Crippen LogP contribution in [0.2, 0.25) is 0 Å². The second-order valence-corrected chi connectivity index (χ2v) is 6.25. The minimum Gasteiger partial charge on any atom is -0.353 e. The molecular weight excluding hydrogens is 254 g/mol. The number of hydrogen-bond acceptors (Lipinski definition) is 4. The van der Waals surface area contributed by atoms with Gasteiger partial charge >= 0.3 is 0 Å². The summed E-state index contributed by atoms with van der Waals surface area (Å²) in [5.41, 5.74) is 0. The first-order valence-electron chi connectivity index (χ1n) is 7.65. The van der Waals surface area contributed by atoms with Crippen molar-refractivity contribution in [1.82, 2.24) is 25.9 Å². The number of aromatic amines is 1. The van der Waals surface area contributed by atoms with E-state index in [4.69, 9.17) is 0 Å². The SMILES string of the molecule is CC(C)CC1CCC(NC(=O)CCCc2nn[nH]n2)C1. The second-order valence-electron chi connectivity index (χ2n) is 6.25. The summed E-state index contributed by atoms with van der Waals surface area (Å²) < 4.78 is 0. The van der Waals surface area contributed by atoms with Gasteiger partial charge in [-0.3, -0.25) is 4.79 Å². The molecule has 1 aromatic rings. The van der Waals surface area contributed by atoms with Gasteiger partial charge in [-0.2, -0.15) is 5.21 Å². The smallest absolute Gasteiger partial charge is 0.220 e. The predicted octanol–water partition coefficient (Wildman–Crippen LogP) is 1.85. The summed E-state index contributed by atoms with van der Waals surface area (Å²) in [7, 11) is 0.